The van der Waals surface area contributed by atoms with Gasteiger partial charge in [0, 0.05) is 20.9 Å². The lowest BCUT2D eigenvalue weighted by molar-refractivity contribution is -0.136. The highest BCUT2D eigenvalue weighted by Crippen LogP contribution is 2.32. The van der Waals surface area contributed by atoms with Crippen LogP contribution >= 0.6 is 38.6 Å². The van der Waals surface area contributed by atoms with Crippen LogP contribution in [0.15, 0.2) is 40.3 Å². The maximum atomic E-state index is 10.7. The molecule has 3 aromatic rings. The molecule has 3 rings (SSSR count). The van der Waals surface area contributed by atoms with E-state index in [1.54, 1.807) is 6.20 Å². The zero-order chi connectivity index (χ0) is 14.8. The lowest BCUT2D eigenvalue weighted by Gasteiger charge is -1.95. The molecule has 3 aromatic heterocycles. The maximum Gasteiger partial charge on any atom is 0.308 e. The number of hydrogen-bond donors (Lipinski definition) is 1. The van der Waals surface area contributed by atoms with Gasteiger partial charge in [-0.05, 0) is 40.2 Å². The van der Waals surface area contributed by atoms with E-state index in [4.69, 9.17) is 5.11 Å². The molecule has 0 saturated carbocycles. The summed E-state index contributed by atoms with van der Waals surface area (Å²) in [6.45, 7) is 0. The van der Waals surface area contributed by atoms with Gasteiger partial charge in [0.25, 0.3) is 0 Å². The molecule has 106 valence electrons. The second kappa shape index (κ2) is 6.05. The molecule has 0 fully saturated rings. The summed E-state index contributed by atoms with van der Waals surface area (Å²) in [6, 6.07) is 7.60. The van der Waals surface area contributed by atoms with Crippen molar-refractivity contribution < 1.29 is 9.90 Å². The van der Waals surface area contributed by atoms with Gasteiger partial charge in [0.15, 0.2) is 0 Å². The first-order chi connectivity index (χ1) is 10.1. The zero-order valence-electron chi connectivity index (χ0n) is 10.6. The molecule has 4 nitrogen and oxygen atoms in total. The lowest BCUT2D eigenvalue weighted by atomic mass is 10.3. The molecule has 0 saturated heterocycles. The molecule has 3 heterocycles. The van der Waals surface area contributed by atoms with Crippen molar-refractivity contribution in [3.8, 4) is 21.3 Å². The standard InChI is InChI=1S/C14H9BrN2O2S2/c15-8-1-3-10(16-6-8)14-17-11(7-20-14)12-4-2-9(21-12)5-13(18)19/h1-4,6-7H,5H2,(H,18,19). The number of carbonyl (C=O) groups is 1. The monoisotopic (exact) mass is 380 g/mol. The molecule has 0 radical (unpaired) electrons. The van der Waals surface area contributed by atoms with Crippen LogP contribution in [0.5, 0.6) is 0 Å². The molecule has 0 aromatic carbocycles. The van der Waals surface area contributed by atoms with Gasteiger partial charge < -0.3 is 5.11 Å². The second-order valence-corrected chi connectivity index (χ2v) is 7.18. The predicted molar refractivity (Wildman–Crippen MR) is 87.7 cm³/mol. The van der Waals surface area contributed by atoms with Crippen LogP contribution in [-0.2, 0) is 11.2 Å². The smallest absolute Gasteiger partial charge is 0.308 e. The highest BCUT2D eigenvalue weighted by molar-refractivity contribution is 9.10. The fourth-order valence-electron chi connectivity index (χ4n) is 1.77. The van der Waals surface area contributed by atoms with Gasteiger partial charge in [0.05, 0.1) is 22.7 Å². The van der Waals surface area contributed by atoms with E-state index in [9.17, 15) is 4.79 Å². The number of nitrogens with zero attached hydrogens (tertiary/aromatic N) is 2. The summed E-state index contributed by atoms with van der Waals surface area (Å²) in [7, 11) is 0. The summed E-state index contributed by atoms with van der Waals surface area (Å²) >= 11 is 6.35. The Morgan fingerprint density at radius 1 is 1.24 bits per heavy atom. The Hall–Kier alpha value is -1.57. The van der Waals surface area contributed by atoms with E-state index in [1.807, 2.05) is 29.6 Å². The number of thiophene rings is 1. The van der Waals surface area contributed by atoms with Crippen molar-refractivity contribution in [1.29, 1.82) is 0 Å². The van der Waals surface area contributed by atoms with E-state index in [1.165, 1.54) is 22.7 Å². The first kappa shape index (κ1) is 14.4. The van der Waals surface area contributed by atoms with Gasteiger partial charge in [-0.15, -0.1) is 22.7 Å². The molecule has 0 aliphatic rings. The number of hydrogen-bond acceptors (Lipinski definition) is 5. The maximum absolute atomic E-state index is 10.7. The first-order valence-electron chi connectivity index (χ1n) is 6.00. The van der Waals surface area contributed by atoms with Crippen LogP contribution in [0.2, 0.25) is 0 Å². The minimum atomic E-state index is -0.818. The van der Waals surface area contributed by atoms with Crippen LogP contribution in [0.3, 0.4) is 0 Å². The Balaban J connectivity index is 1.86. The normalized spacial score (nSPS) is 10.7. The van der Waals surface area contributed by atoms with Gasteiger partial charge in [-0.3, -0.25) is 9.78 Å². The van der Waals surface area contributed by atoms with Crippen molar-refractivity contribution >= 4 is 44.6 Å². The van der Waals surface area contributed by atoms with Gasteiger partial charge in [-0.2, -0.15) is 0 Å². The van der Waals surface area contributed by atoms with Gasteiger partial charge >= 0.3 is 5.97 Å². The number of thiazole rings is 1. The van der Waals surface area contributed by atoms with Crippen molar-refractivity contribution in [2.75, 3.05) is 0 Å². The number of aromatic nitrogens is 2. The lowest BCUT2D eigenvalue weighted by Crippen LogP contribution is -1.96. The number of halogens is 1. The van der Waals surface area contributed by atoms with Crippen LogP contribution < -0.4 is 0 Å². The molecule has 0 bridgehead atoms. The van der Waals surface area contributed by atoms with Crippen molar-refractivity contribution in [3.63, 3.8) is 0 Å². The molecule has 1 N–H and O–H groups in total. The summed E-state index contributed by atoms with van der Waals surface area (Å²) in [5.74, 6) is -0.818. The summed E-state index contributed by atoms with van der Waals surface area (Å²) in [4.78, 5) is 21.4. The van der Waals surface area contributed by atoms with Gasteiger partial charge in [-0.25, -0.2) is 4.98 Å². The fraction of sp³-hybridized carbons (Fsp3) is 0.0714. The van der Waals surface area contributed by atoms with Crippen LogP contribution in [0.4, 0.5) is 0 Å². The van der Waals surface area contributed by atoms with Crippen LogP contribution in [0, 0.1) is 0 Å². The van der Waals surface area contributed by atoms with E-state index in [0.29, 0.717) is 0 Å². The Labute approximate surface area is 137 Å². The van der Waals surface area contributed by atoms with E-state index < -0.39 is 5.97 Å². The zero-order valence-corrected chi connectivity index (χ0v) is 13.8. The molecular formula is C14H9BrN2O2S2. The molecule has 0 spiro atoms. The molecule has 0 atom stereocenters. The average molecular weight is 381 g/mol. The summed E-state index contributed by atoms with van der Waals surface area (Å²) in [6.07, 6.45) is 1.79. The first-order valence-corrected chi connectivity index (χ1v) is 8.49. The number of rotatable bonds is 4. The third-order valence-corrected chi connectivity index (χ3v) is 5.13. The van der Waals surface area contributed by atoms with Crippen LogP contribution in [0.1, 0.15) is 4.88 Å². The fourth-order valence-corrected chi connectivity index (χ4v) is 3.83. The average Bonchev–Trinajstić information content (AvgIpc) is 3.07. The number of carboxylic acids is 1. The quantitative estimate of drug-likeness (QED) is 0.731. The highest BCUT2D eigenvalue weighted by Gasteiger charge is 2.11. The summed E-state index contributed by atoms with van der Waals surface area (Å²) < 4.78 is 0.930. The Morgan fingerprint density at radius 2 is 2.10 bits per heavy atom. The van der Waals surface area contributed by atoms with Gasteiger partial charge in [0.1, 0.15) is 5.01 Å². The second-order valence-electron chi connectivity index (χ2n) is 4.24. The van der Waals surface area contributed by atoms with Gasteiger partial charge in [-0.1, -0.05) is 0 Å². The molecular weight excluding hydrogens is 372 g/mol. The largest absolute Gasteiger partial charge is 0.481 e. The molecule has 7 heteroatoms. The molecule has 0 aliphatic carbocycles. The molecule has 0 unspecified atom stereocenters. The third-order valence-electron chi connectivity index (χ3n) is 2.69. The Kier molecular flexibility index (Phi) is 4.14. The number of pyridine rings is 1. The predicted octanol–water partition coefficient (Wildman–Crippen LogP) is 4.32. The third kappa shape index (κ3) is 3.37. The minimum absolute atomic E-state index is 0.0515. The minimum Gasteiger partial charge on any atom is -0.481 e. The topological polar surface area (TPSA) is 63.1 Å². The molecule has 0 aliphatic heterocycles. The van der Waals surface area contributed by atoms with Crippen molar-refractivity contribution in [3.05, 3.63) is 45.2 Å². The Morgan fingerprint density at radius 3 is 2.81 bits per heavy atom. The molecule has 0 amide bonds. The highest BCUT2D eigenvalue weighted by atomic mass is 79.9. The van der Waals surface area contributed by atoms with Crippen molar-refractivity contribution in [2.24, 2.45) is 0 Å². The van der Waals surface area contributed by atoms with E-state index in [2.05, 4.69) is 25.9 Å². The van der Waals surface area contributed by atoms with Crippen molar-refractivity contribution in [1.82, 2.24) is 9.97 Å². The van der Waals surface area contributed by atoms with Crippen LogP contribution in [-0.4, -0.2) is 21.0 Å². The summed E-state index contributed by atoms with van der Waals surface area (Å²) in [5, 5.41) is 11.6. The van der Waals surface area contributed by atoms with Crippen molar-refractivity contribution in [2.45, 2.75) is 6.42 Å². The van der Waals surface area contributed by atoms with Crippen LogP contribution in [0.25, 0.3) is 21.3 Å². The number of carboxylic acid groups (broad SMARTS) is 1. The van der Waals surface area contributed by atoms with Gasteiger partial charge in [0.2, 0.25) is 0 Å². The number of aliphatic carboxylic acids is 1. The summed E-state index contributed by atoms with van der Waals surface area (Å²) in [5.41, 5.74) is 1.69. The SMILES string of the molecule is O=C(O)Cc1ccc(-c2csc(-c3ccc(Br)cn3)n2)s1. The van der Waals surface area contributed by atoms with E-state index >= 15 is 0 Å². The van der Waals surface area contributed by atoms with E-state index in [0.717, 1.165) is 30.6 Å². The van der Waals surface area contributed by atoms with E-state index in [-0.39, 0.29) is 6.42 Å². The molecule has 21 heavy (non-hydrogen) atoms. The Bertz CT molecular complexity index is 780.